The van der Waals surface area contributed by atoms with Crippen LogP contribution in [0.3, 0.4) is 0 Å². The Hall–Kier alpha value is -3.15. The number of benzene rings is 2. The first kappa shape index (κ1) is 18.2. The molecule has 0 radical (unpaired) electrons. The molecule has 6 heteroatoms. The number of carbonyl (C=O) groups is 2. The highest BCUT2D eigenvalue weighted by molar-refractivity contribution is 5.96. The number of nitrogens with zero attached hydrogens (tertiary/aromatic N) is 1. The van der Waals surface area contributed by atoms with Crippen LogP contribution in [0.15, 0.2) is 53.6 Å². The number of hydrazone groups is 1. The fourth-order valence-corrected chi connectivity index (χ4v) is 2.06. The molecule has 2 aromatic carbocycles. The van der Waals surface area contributed by atoms with Gasteiger partial charge in [-0.15, -0.1) is 0 Å². The molecule has 25 heavy (non-hydrogen) atoms. The van der Waals surface area contributed by atoms with Crippen molar-refractivity contribution in [3.63, 3.8) is 0 Å². The van der Waals surface area contributed by atoms with Gasteiger partial charge in [0.05, 0.1) is 6.21 Å². The molecule has 0 heterocycles. The number of rotatable bonds is 7. The zero-order valence-electron chi connectivity index (χ0n) is 14.0. The SMILES string of the molecule is CCCCC(=O)Nc1ccc(C(=O)N/N=C/c2ccc(O)cc2)cc1. The molecule has 0 fully saturated rings. The molecule has 130 valence electrons. The molecule has 0 spiro atoms. The number of hydrogen-bond donors (Lipinski definition) is 3. The van der Waals surface area contributed by atoms with Gasteiger partial charge in [-0.25, -0.2) is 5.43 Å². The molecule has 0 aromatic heterocycles. The van der Waals surface area contributed by atoms with E-state index in [1.807, 2.05) is 6.92 Å². The average Bonchev–Trinajstić information content (AvgIpc) is 2.62. The Balaban J connectivity index is 1.87. The second-order valence-corrected chi connectivity index (χ2v) is 5.52. The summed E-state index contributed by atoms with van der Waals surface area (Å²) in [5.74, 6) is -0.209. The van der Waals surface area contributed by atoms with E-state index < -0.39 is 0 Å². The summed E-state index contributed by atoms with van der Waals surface area (Å²) in [6, 6.07) is 13.1. The third-order valence-corrected chi connectivity index (χ3v) is 3.46. The number of hydrogen-bond acceptors (Lipinski definition) is 4. The third kappa shape index (κ3) is 6.10. The first-order valence-electron chi connectivity index (χ1n) is 8.11. The second kappa shape index (κ2) is 9.22. The van der Waals surface area contributed by atoms with Gasteiger partial charge < -0.3 is 10.4 Å². The predicted molar refractivity (Wildman–Crippen MR) is 97.8 cm³/mol. The van der Waals surface area contributed by atoms with Crippen LogP contribution in [0.2, 0.25) is 0 Å². The fraction of sp³-hybridized carbons (Fsp3) is 0.211. The summed E-state index contributed by atoms with van der Waals surface area (Å²) < 4.78 is 0. The van der Waals surface area contributed by atoms with Crippen LogP contribution in [-0.2, 0) is 4.79 Å². The molecule has 0 saturated heterocycles. The molecule has 0 atom stereocenters. The van der Waals surface area contributed by atoms with Crippen LogP contribution in [-0.4, -0.2) is 23.1 Å². The summed E-state index contributed by atoms with van der Waals surface area (Å²) >= 11 is 0. The number of amides is 2. The highest BCUT2D eigenvalue weighted by Crippen LogP contribution is 2.11. The van der Waals surface area contributed by atoms with Crippen molar-refractivity contribution in [2.45, 2.75) is 26.2 Å². The molecule has 0 saturated carbocycles. The smallest absolute Gasteiger partial charge is 0.271 e. The molecule has 2 rings (SSSR count). The quantitative estimate of drug-likeness (QED) is 0.534. The van der Waals surface area contributed by atoms with Crippen molar-refractivity contribution in [1.29, 1.82) is 0 Å². The normalized spacial score (nSPS) is 10.6. The lowest BCUT2D eigenvalue weighted by Gasteiger charge is -2.05. The van der Waals surface area contributed by atoms with E-state index in [1.54, 1.807) is 36.4 Å². The summed E-state index contributed by atoms with van der Waals surface area (Å²) in [7, 11) is 0. The van der Waals surface area contributed by atoms with E-state index in [0.29, 0.717) is 17.7 Å². The summed E-state index contributed by atoms with van der Waals surface area (Å²) in [5.41, 5.74) is 4.28. The van der Waals surface area contributed by atoms with Crippen molar-refractivity contribution in [3.05, 3.63) is 59.7 Å². The van der Waals surface area contributed by atoms with E-state index in [2.05, 4.69) is 15.8 Å². The molecular formula is C19H21N3O3. The number of aromatic hydroxyl groups is 1. The maximum atomic E-state index is 12.0. The number of phenolic OH excluding ortho intramolecular Hbond substituents is 1. The van der Waals surface area contributed by atoms with Gasteiger partial charge in [0, 0.05) is 17.7 Å². The molecule has 0 aliphatic rings. The van der Waals surface area contributed by atoms with Gasteiger partial charge in [-0.1, -0.05) is 13.3 Å². The lowest BCUT2D eigenvalue weighted by molar-refractivity contribution is -0.116. The van der Waals surface area contributed by atoms with Crippen LogP contribution in [0.4, 0.5) is 5.69 Å². The van der Waals surface area contributed by atoms with E-state index in [4.69, 9.17) is 0 Å². The van der Waals surface area contributed by atoms with Gasteiger partial charge in [-0.3, -0.25) is 9.59 Å². The molecule has 3 N–H and O–H groups in total. The Labute approximate surface area is 146 Å². The van der Waals surface area contributed by atoms with Crippen molar-refractivity contribution >= 4 is 23.7 Å². The number of carbonyl (C=O) groups excluding carboxylic acids is 2. The minimum absolute atomic E-state index is 0.0300. The molecule has 6 nitrogen and oxygen atoms in total. The van der Waals surface area contributed by atoms with Gasteiger partial charge in [0.15, 0.2) is 0 Å². The van der Waals surface area contributed by atoms with E-state index in [9.17, 15) is 14.7 Å². The summed E-state index contributed by atoms with van der Waals surface area (Å²) in [6.45, 7) is 2.03. The van der Waals surface area contributed by atoms with Crippen molar-refractivity contribution in [3.8, 4) is 5.75 Å². The summed E-state index contributed by atoms with van der Waals surface area (Å²) in [4.78, 5) is 23.7. The first-order chi connectivity index (χ1) is 12.1. The Bertz CT molecular complexity index is 738. The fourth-order valence-electron chi connectivity index (χ4n) is 2.06. The molecule has 2 aromatic rings. The van der Waals surface area contributed by atoms with Crippen LogP contribution in [0, 0.1) is 0 Å². The van der Waals surface area contributed by atoms with Gasteiger partial charge in [0.1, 0.15) is 5.75 Å². The lowest BCUT2D eigenvalue weighted by atomic mass is 10.2. The van der Waals surface area contributed by atoms with E-state index in [-0.39, 0.29) is 17.6 Å². The van der Waals surface area contributed by atoms with Gasteiger partial charge in [-0.2, -0.15) is 5.10 Å². The Morgan fingerprint density at radius 1 is 1.08 bits per heavy atom. The van der Waals surface area contributed by atoms with Crippen molar-refractivity contribution in [1.82, 2.24) is 5.43 Å². The number of phenols is 1. The standard InChI is InChI=1S/C19H21N3O3/c1-2-3-4-18(24)21-16-9-7-15(8-10-16)19(25)22-20-13-14-5-11-17(23)12-6-14/h5-13,23H,2-4H2,1H3,(H,21,24)(H,22,25)/b20-13+. The van der Waals surface area contributed by atoms with Gasteiger partial charge in [0.25, 0.3) is 5.91 Å². The highest BCUT2D eigenvalue weighted by Gasteiger charge is 2.05. The van der Waals surface area contributed by atoms with Gasteiger partial charge in [0.2, 0.25) is 5.91 Å². The average molecular weight is 339 g/mol. The summed E-state index contributed by atoms with van der Waals surface area (Å²) in [5, 5.41) is 15.9. The van der Waals surface area contributed by atoms with Crippen molar-refractivity contribution < 1.29 is 14.7 Å². The molecule has 2 amide bonds. The molecule has 0 aliphatic carbocycles. The Morgan fingerprint density at radius 3 is 2.40 bits per heavy atom. The second-order valence-electron chi connectivity index (χ2n) is 5.52. The van der Waals surface area contributed by atoms with Crippen LogP contribution in [0.25, 0.3) is 0 Å². The zero-order valence-corrected chi connectivity index (χ0v) is 14.0. The maximum Gasteiger partial charge on any atom is 0.271 e. The monoisotopic (exact) mass is 339 g/mol. The molecule has 0 bridgehead atoms. The predicted octanol–water partition coefficient (Wildman–Crippen LogP) is 3.28. The molecule has 0 aliphatic heterocycles. The maximum absolute atomic E-state index is 12.0. The molecular weight excluding hydrogens is 318 g/mol. The van der Waals surface area contributed by atoms with Gasteiger partial charge >= 0.3 is 0 Å². The minimum Gasteiger partial charge on any atom is -0.508 e. The van der Waals surface area contributed by atoms with Crippen molar-refractivity contribution in [2.24, 2.45) is 5.10 Å². The third-order valence-electron chi connectivity index (χ3n) is 3.46. The van der Waals surface area contributed by atoms with Crippen LogP contribution >= 0.6 is 0 Å². The zero-order chi connectivity index (χ0) is 18.1. The highest BCUT2D eigenvalue weighted by atomic mass is 16.3. The summed E-state index contributed by atoms with van der Waals surface area (Å²) in [6.07, 6.45) is 3.80. The topological polar surface area (TPSA) is 90.8 Å². The minimum atomic E-state index is -0.348. The number of nitrogens with one attached hydrogen (secondary N) is 2. The molecule has 0 unspecified atom stereocenters. The van der Waals surface area contributed by atoms with Crippen LogP contribution < -0.4 is 10.7 Å². The van der Waals surface area contributed by atoms with Gasteiger partial charge in [-0.05, 0) is 60.5 Å². The number of anilines is 1. The Kier molecular flexibility index (Phi) is 6.71. The largest absolute Gasteiger partial charge is 0.508 e. The van der Waals surface area contributed by atoms with Crippen LogP contribution in [0.1, 0.15) is 42.1 Å². The first-order valence-corrected chi connectivity index (χ1v) is 8.11. The number of unbranched alkanes of at least 4 members (excludes halogenated alkanes) is 1. The Morgan fingerprint density at radius 2 is 1.76 bits per heavy atom. The van der Waals surface area contributed by atoms with Crippen LogP contribution in [0.5, 0.6) is 5.75 Å². The van der Waals surface area contributed by atoms with E-state index in [0.717, 1.165) is 18.4 Å². The van der Waals surface area contributed by atoms with E-state index >= 15 is 0 Å². The lowest BCUT2D eigenvalue weighted by Crippen LogP contribution is -2.17. The van der Waals surface area contributed by atoms with E-state index in [1.165, 1.54) is 18.3 Å². The van der Waals surface area contributed by atoms with Crippen molar-refractivity contribution in [2.75, 3.05) is 5.32 Å².